The average molecular weight is 432 g/mol. The molecule has 3 aromatic rings. The van der Waals surface area contributed by atoms with E-state index < -0.39 is 11.7 Å². The number of benzene rings is 1. The van der Waals surface area contributed by atoms with Crippen LogP contribution in [0, 0.1) is 13.8 Å². The Balaban J connectivity index is 1.33. The fraction of sp³-hybridized carbons (Fsp3) is 0.429. The predicted molar refractivity (Wildman–Crippen MR) is 108 cm³/mol. The van der Waals surface area contributed by atoms with Crippen molar-refractivity contribution in [1.29, 1.82) is 0 Å². The van der Waals surface area contributed by atoms with Crippen LogP contribution in [0.15, 0.2) is 35.0 Å². The van der Waals surface area contributed by atoms with Gasteiger partial charge >= 0.3 is 6.18 Å². The molecule has 0 N–H and O–H groups in total. The van der Waals surface area contributed by atoms with Gasteiger partial charge in [0.1, 0.15) is 5.82 Å². The number of hydrogen-bond donors (Lipinski definition) is 0. The molecule has 1 fully saturated rings. The van der Waals surface area contributed by atoms with Crippen LogP contribution in [0.5, 0.6) is 0 Å². The Labute approximate surface area is 177 Å². The molecular formula is C21H23F3N6O. The summed E-state index contributed by atoms with van der Waals surface area (Å²) in [5, 5.41) is 3.93. The molecule has 1 aliphatic rings. The number of nitrogens with zero attached hydrogens (tertiary/aromatic N) is 6. The van der Waals surface area contributed by atoms with Gasteiger partial charge in [0.2, 0.25) is 5.89 Å². The number of hydrogen-bond acceptors (Lipinski definition) is 7. The second-order valence-corrected chi connectivity index (χ2v) is 7.66. The lowest BCUT2D eigenvalue weighted by Crippen LogP contribution is -2.46. The van der Waals surface area contributed by atoms with Gasteiger partial charge in [-0.05, 0) is 25.5 Å². The smallest absolute Gasteiger partial charge is 0.353 e. The van der Waals surface area contributed by atoms with E-state index in [1.807, 2.05) is 13.8 Å². The molecule has 164 valence electrons. The molecule has 4 rings (SSSR count). The summed E-state index contributed by atoms with van der Waals surface area (Å²) in [6, 6.07) is 5.18. The van der Waals surface area contributed by atoms with E-state index in [2.05, 4.69) is 29.9 Å². The average Bonchev–Trinajstić information content (AvgIpc) is 3.17. The predicted octanol–water partition coefficient (Wildman–Crippen LogP) is 3.41. The molecule has 0 saturated carbocycles. The van der Waals surface area contributed by atoms with Crippen LogP contribution in [0.3, 0.4) is 0 Å². The number of anilines is 1. The molecule has 7 nitrogen and oxygen atoms in total. The van der Waals surface area contributed by atoms with E-state index in [9.17, 15) is 13.2 Å². The maximum atomic E-state index is 12.9. The van der Waals surface area contributed by atoms with Crippen molar-refractivity contribution in [2.45, 2.75) is 33.0 Å². The SMILES string of the molecule is Cc1cnc(C)c(N2CCN(Cc3nc(Cc4cccc(C(F)(F)F)c4)no3)CC2)n1. The van der Waals surface area contributed by atoms with Crippen LogP contribution in [-0.2, 0) is 19.1 Å². The number of rotatable bonds is 5. The molecule has 0 amide bonds. The van der Waals surface area contributed by atoms with Crippen LogP contribution in [0.1, 0.15) is 34.2 Å². The van der Waals surface area contributed by atoms with Crippen LogP contribution in [0.2, 0.25) is 0 Å². The summed E-state index contributed by atoms with van der Waals surface area (Å²) in [6.45, 7) is 7.62. The standard InChI is InChI=1S/C21H23F3N6O/c1-14-12-25-15(2)20(26-14)30-8-6-29(7-9-30)13-19-27-18(28-31-19)11-16-4-3-5-17(10-16)21(22,23)24/h3-5,10,12H,6-9,11,13H2,1-2H3. The molecule has 31 heavy (non-hydrogen) atoms. The summed E-state index contributed by atoms with van der Waals surface area (Å²) < 4.78 is 44.0. The van der Waals surface area contributed by atoms with Gasteiger partial charge in [0, 0.05) is 38.8 Å². The molecule has 0 radical (unpaired) electrons. The lowest BCUT2D eigenvalue weighted by molar-refractivity contribution is -0.137. The molecule has 2 aromatic heterocycles. The number of piperazine rings is 1. The summed E-state index contributed by atoms with van der Waals surface area (Å²) in [5.74, 6) is 1.75. The maximum Gasteiger partial charge on any atom is 0.416 e. The van der Waals surface area contributed by atoms with Crippen molar-refractivity contribution in [3.8, 4) is 0 Å². The fourth-order valence-electron chi connectivity index (χ4n) is 3.60. The van der Waals surface area contributed by atoms with E-state index in [0.717, 1.165) is 55.5 Å². The van der Waals surface area contributed by atoms with Crippen molar-refractivity contribution >= 4 is 5.82 Å². The quantitative estimate of drug-likeness (QED) is 0.612. The molecule has 0 aliphatic carbocycles. The third-order valence-corrected chi connectivity index (χ3v) is 5.21. The Morgan fingerprint density at radius 2 is 1.84 bits per heavy atom. The second-order valence-electron chi connectivity index (χ2n) is 7.66. The third-order valence-electron chi connectivity index (χ3n) is 5.21. The Hall–Kier alpha value is -3.01. The van der Waals surface area contributed by atoms with Gasteiger partial charge in [0.05, 0.1) is 23.5 Å². The van der Waals surface area contributed by atoms with E-state index in [1.54, 1.807) is 12.3 Å². The van der Waals surface area contributed by atoms with Gasteiger partial charge in [-0.2, -0.15) is 18.2 Å². The fourth-order valence-corrected chi connectivity index (χ4v) is 3.60. The van der Waals surface area contributed by atoms with Crippen molar-refractivity contribution in [1.82, 2.24) is 25.0 Å². The first-order valence-corrected chi connectivity index (χ1v) is 10.0. The van der Waals surface area contributed by atoms with Crippen molar-refractivity contribution in [2.24, 2.45) is 0 Å². The van der Waals surface area contributed by atoms with Crippen molar-refractivity contribution in [2.75, 3.05) is 31.1 Å². The Bertz CT molecular complexity index is 1040. The van der Waals surface area contributed by atoms with E-state index in [4.69, 9.17) is 4.52 Å². The molecule has 1 aliphatic heterocycles. The summed E-state index contributed by atoms with van der Waals surface area (Å²) in [6.07, 6.45) is -2.42. The molecule has 1 aromatic carbocycles. The van der Waals surface area contributed by atoms with Crippen LogP contribution in [0.25, 0.3) is 0 Å². The topological polar surface area (TPSA) is 71.2 Å². The van der Waals surface area contributed by atoms with Gasteiger partial charge < -0.3 is 9.42 Å². The molecule has 1 saturated heterocycles. The largest absolute Gasteiger partial charge is 0.416 e. The molecule has 10 heteroatoms. The minimum atomic E-state index is -4.37. The normalized spacial score (nSPS) is 15.5. The van der Waals surface area contributed by atoms with Crippen LogP contribution < -0.4 is 4.90 Å². The van der Waals surface area contributed by atoms with E-state index in [-0.39, 0.29) is 6.42 Å². The monoisotopic (exact) mass is 432 g/mol. The first-order chi connectivity index (χ1) is 14.8. The van der Waals surface area contributed by atoms with Gasteiger partial charge in [-0.15, -0.1) is 0 Å². The highest BCUT2D eigenvalue weighted by Gasteiger charge is 2.30. The van der Waals surface area contributed by atoms with Gasteiger partial charge in [0.25, 0.3) is 0 Å². The molecule has 3 heterocycles. The van der Waals surface area contributed by atoms with Gasteiger partial charge in [-0.25, -0.2) is 4.98 Å². The lowest BCUT2D eigenvalue weighted by Gasteiger charge is -2.35. The molecule has 0 bridgehead atoms. The van der Waals surface area contributed by atoms with Crippen LogP contribution >= 0.6 is 0 Å². The highest BCUT2D eigenvalue weighted by Crippen LogP contribution is 2.29. The second kappa shape index (κ2) is 8.62. The van der Waals surface area contributed by atoms with Crippen LogP contribution in [-0.4, -0.2) is 51.2 Å². The van der Waals surface area contributed by atoms with Crippen LogP contribution in [0.4, 0.5) is 19.0 Å². The van der Waals surface area contributed by atoms with Gasteiger partial charge in [0.15, 0.2) is 5.82 Å². The number of aryl methyl sites for hydroxylation is 2. The Morgan fingerprint density at radius 1 is 1.06 bits per heavy atom. The zero-order chi connectivity index (χ0) is 22.0. The number of alkyl halides is 3. The summed E-state index contributed by atoms with van der Waals surface area (Å²) in [5.41, 5.74) is 1.61. The Morgan fingerprint density at radius 3 is 2.58 bits per heavy atom. The highest BCUT2D eigenvalue weighted by molar-refractivity contribution is 5.43. The maximum absolute atomic E-state index is 12.9. The lowest BCUT2D eigenvalue weighted by atomic mass is 10.1. The zero-order valence-electron chi connectivity index (χ0n) is 17.4. The zero-order valence-corrected chi connectivity index (χ0v) is 17.4. The van der Waals surface area contributed by atoms with Crippen molar-refractivity contribution in [3.63, 3.8) is 0 Å². The minimum Gasteiger partial charge on any atom is -0.353 e. The van der Waals surface area contributed by atoms with Gasteiger partial charge in [-0.1, -0.05) is 23.4 Å². The molecule has 0 spiro atoms. The van der Waals surface area contributed by atoms with E-state index in [0.29, 0.717) is 23.8 Å². The van der Waals surface area contributed by atoms with Gasteiger partial charge in [-0.3, -0.25) is 9.88 Å². The summed E-state index contributed by atoms with van der Waals surface area (Å²) >= 11 is 0. The summed E-state index contributed by atoms with van der Waals surface area (Å²) in [7, 11) is 0. The third kappa shape index (κ3) is 5.19. The van der Waals surface area contributed by atoms with Crippen molar-refractivity contribution < 1.29 is 17.7 Å². The van der Waals surface area contributed by atoms with E-state index >= 15 is 0 Å². The number of aromatic nitrogens is 4. The number of halogens is 3. The summed E-state index contributed by atoms with van der Waals surface area (Å²) in [4.78, 5) is 17.8. The first kappa shape index (κ1) is 21.2. The molecule has 0 unspecified atom stereocenters. The molecular weight excluding hydrogens is 409 g/mol. The molecule has 0 atom stereocenters. The Kier molecular flexibility index (Phi) is 5.90. The highest BCUT2D eigenvalue weighted by atomic mass is 19.4. The minimum absolute atomic E-state index is 0.187. The van der Waals surface area contributed by atoms with E-state index in [1.165, 1.54) is 6.07 Å². The first-order valence-electron chi connectivity index (χ1n) is 10.0. The van der Waals surface area contributed by atoms with Crippen molar-refractivity contribution in [3.05, 3.63) is 64.7 Å².